The minimum Gasteiger partial charge on any atom is -0.394 e. The van der Waals surface area contributed by atoms with Crippen LogP contribution in [0.25, 0.3) is 0 Å². The Kier molecular flexibility index (Phi) is 2.17. The molecule has 3 unspecified atom stereocenters. The van der Waals surface area contributed by atoms with E-state index in [9.17, 15) is 4.79 Å². The number of nitrogens with zero attached hydrogens (tertiary/aromatic N) is 1. The van der Waals surface area contributed by atoms with E-state index < -0.39 is 5.72 Å². The van der Waals surface area contributed by atoms with Crippen molar-refractivity contribution in [1.82, 2.24) is 10.2 Å². The van der Waals surface area contributed by atoms with Crippen molar-refractivity contribution in [2.24, 2.45) is 0 Å². The fourth-order valence-corrected chi connectivity index (χ4v) is 2.05. The molecule has 2 N–H and O–H groups in total. The van der Waals surface area contributed by atoms with Crippen molar-refractivity contribution in [2.75, 3.05) is 13.2 Å². The van der Waals surface area contributed by atoms with Crippen LogP contribution in [0.5, 0.6) is 0 Å². The number of hydrogen-bond donors (Lipinski definition) is 2. The second-order valence-corrected chi connectivity index (χ2v) is 4.30. The largest absolute Gasteiger partial charge is 0.394 e. The number of carbonyl (C=O) groups excluding carboxylic acids is 1. The average Bonchev–Trinajstić information content (AvgIpc) is 2.85. The zero-order valence-corrected chi connectivity index (χ0v) is 8.76. The molecule has 0 aromatic heterocycles. The smallest absolute Gasteiger partial charge is 0.326 e. The van der Waals surface area contributed by atoms with Crippen LogP contribution in [-0.2, 0) is 9.47 Å². The number of rotatable bonds is 2. The molecule has 2 saturated heterocycles. The second-order valence-electron chi connectivity index (χ2n) is 4.30. The summed E-state index contributed by atoms with van der Waals surface area (Å²) in [6, 6.07) is -0.205. The van der Waals surface area contributed by atoms with Gasteiger partial charge < -0.3 is 19.9 Å². The van der Waals surface area contributed by atoms with Crippen LogP contribution in [0.3, 0.4) is 0 Å². The molecule has 3 atom stereocenters. The van der Waals surface area contributed by atoms with E-state index in [1.54, 1.807) is 6.20 Å². The van der Waals surface area contributed by atoms with Crippen molar-refractivity contribution in [2.45, 2.75) is 30.9 Å². The van der Waals surface area contributed by atoms with Gasteiger partial charge in [-0.05, 0) is 18.9 Å². The third kappa shape index (κ3) is 1.59. The van der Waals surface area contributed by atoms with Gasteiger partial charge in [-0.15, -0.1) is 0 Å². The van der Waals surface area contributed by atoms with Crippen molar-refractivity contribution in [3.63, 3.8) is 0 Å². The summed E-state index contributed by atoms with van der Waals surface area (Å²) in [6.45, 7) is 0.538. The molecule has 0 bridgehead atoms. The summed E-state index contributed by atoms with van der Waals surface area (Å²) in [6.07, 6.45) is 4.63. The quantitative estimate of drug-likeness (QED) is 0.637. The van der Waals surface area contributed by atoms with Crippen LogP contribution < -0.4 is 5.32 Å². The molecule has 0 aromatic rings. The lowest BCUT2D eigenvalue weighted by molar-refractivity contribution is -0.0382. The zero-order chi connectivity index (χ0) is 11.2. The lowest BCUT2D eigenvalue weighted by Gasteiger charge is -2.30. The molecular formula is C10H14N2O4. The normalized spacial score (nSPS) is 41.6. The lowest BCUT2D eigenvalue weighted by atomic mass is 10.2. The molecule has 2 amide bonds. The van der Waals surface area contributed by atoms with Gasteiger partial charge in [0.05, 0.1) is 12.7 Å². The van der Waals surface area contributed by atoms with Crippen LogP contribution in [-0.4, -0.2) is 47.3 Å². The summed E-state index contributed by atoms with van der Waals surface area (Å²) in [7, 11) is 0. The highest BCUT2D eigenvalue weighted by Gasteiger charge is 2.48. The molecule has 6 nitrogen and oxygen atoms in total. The molecule has 0 radical (unpaired) electrons. The van der Waals surface area contributed by atoms with Gasteiger partial charge in [0, 0.05) is 6.20 Å². The highest BCUT2D eigenvalue weighted by Crippen LogP contribution is 2.31. The molecule has 2 fully saturated rings. The molecule has 0 aromatic carbocycles. The first-order valence-corrected chi connectivity index (χ1v) is 5.42. The van der Waals surface area contributed by atoms with Gasteiger partial charge in [-0.2, -0.15) is 0 Å². The van der Waals surface area contributed by atoms with Gasteiger partial charge >= 0.3 is 6.03 Å². The van der Waals surface area contributed by atoms with Crippen LogP contribution >= 0.6 is 0 Å². The summed E-state index contributed by atoms with van der Waals surface area (Å²) in [4.78, 5) is 13.3. The zero-order valence-electron chi connectivity index (χ0n) is 8.76. The number of hydrogen-bond acceptors (Lipinski definition) is 4. The molecule has 3 rings (SSSR count). The van der Waals surface area contributed by atoms with E-state index >= 15 is 0 Å². The third-order valence-corrected chi connectivity index (χ3v) is 3.11. The van der Waals surface area contributed by atoms with E-state index in [1.807, 2.05) is 6.08 Å². The molecule has 3 heterocycles. The van der Waals surface area contributed by atoms with Gasteiger partial charge in [0.15, 0.2) is 5.72 Å². The van der Waals surface area contributed by atoms with Gasteiger partial charge in [-0.25, -0.2) is 4.79 Å². The van der Waals surface area contributed by atoms with Gasteiger partial charge in [0.1, 0.15) is 12.8 Å². The maximum absolute atomic E-state index is 11.8. The van der Waals surface area contributed by atoms with Crippen molar-refractivity contribution in [3.8, 4) is 0 Å². The molecule has 3 aliphatic rings. The molecule has 0 saturated carbocycles. The Labute approximate surface area is 92.8 Å². The Morgan fingerprint density at radius 2 is 2.44 bits per heavy atom. The van der Waals surface area contributed by atoms with Crippen LogP contribution in [0.1, 0.15) is 12.8 Å². The number of aliphatic hydroxyl groups excluding tert-OH is 1. The number of nitrogens with one attached hydrogen (secondary N) is 1. The van der Waals surface area contributed by atoms with Crippen LogP contribution in [0.2, 0.25) is 0 Å². The monoisotopic (exact) mass is 226 g/mol. The van der Waals surface area contributed by atoms with Gasteiger partial charge in [-0.3, -0.25) is 4.90 Å². The fourth-order valence-electron chi connectivity index (χ4n) is 2.05. The molecule has 16 heavy (non-hydrogen) atoms. The van der Waals surface area contributed by atoms with Crippen molar-refractivity contribution in [3.05, 3.63) is 12.3 Å². The van der Waals surface area contributed by atoms with Crippen LogP contribution in [0, 0.1) is 0 Å². The van der Waals surface area contributed by atoms with E-state index in [1.165, 1.54) is 4.90 Å². The average molecular weight is 226 g/mol. The number of ether oxygens (including phenoxy) is 2. The molecule has 0 aliphatic carbocycles. The Bertz CT molecular complexity index is 340. The first-order valence-electron chi connectivity index (χ1n) is 5.42. The van der Waals surface area contributed by atoms with E-state index in [0.29, 0.717) is 6.61 Å². The maximum atomic E-state index is 11.8. The summed E-state index contributed by atoms with van der Waals surface area (Å²) < 4.78 is 10.7. The van der Waals surface area contributed by atoms with Gasteiger partial charge in [-0.1, -0.05) is 0 Å². The minimum absolute atomic E-state index is 0.00270. The molecule has 88 valence electrons. The number of urea groups is 1. The lowest BCUT2D eigenvalue weighted by Crippen LogP contribution is -2.51. The first kappa shape index (κ1) is 10.1. The van der Waals surface area contributed by atoms with Crippen molar-refractivity contribution >= 4 is 6.03 Å². The third-order valence-electron chi connectivity index (χ3n) is 3.11. The summed E-state index contributed by atoms with van der Waals surface area (Å²) in [5.74, 6) is 0. The first-order chi connectivity index (χ1) is 7.72. The summed E-state index contributed by atoms with van der Waals surface area (Å²) in [5, 5.41) is 11.7. The molecule has 6 heteroatoms. The highest BCUT2D eigenvalue weighted by molar-refractivity contribution is 5.78. The van der Waals surface area contributed by atoms with Gasteiger partial charge in [0.2, 0.25) is 0 Å². The van der Waals surface area contributed by atoms with E-state index in [2.05, 4.69) is 5.32 Å². The highest BCUT2D eigenvalue weighted by atomic mass is 16.6. The Morgan fingerprint density at radius 1 is 1.62 bits per heavy atom. The predicted octanol–water partition coefficient (Wildman–Crippen LogP) is -0.251. The topological polar surface area (TPSA) is 74.3 Å². The standard InChI is InChI=1S/C10H14N2O4/c13-5-7-1-2-8(16-7)12-4-3-10(6-15-10)11-9(12)14/h3-4,7-8,13H,1-2,5-6H2,(H,11,14). The SMILES string of the molecule is O=C1NC2(C=CN1C1CCC(CO)O1)CO2. The number of amides is 2. The summed E-state index contributed by atoms with van der Waals surface area (Å²) >= 11 is 0. The van der Waals surface area contributed by atoms with E-state index in [0.717, 1.165) is 12.8 Å². The van der Waals surface area contributed by atoms with Crippen LogP contribution in [0.4, 0.5) is 4.79 Å². The number of carbonyl (C=O) groups is 1. The Hall–Kier alpha value is -1.11. The Balaban J connectivity index is 1.69. The van der Waals surface area contributed by atoms with E-state index in [-0.39, 0.29) is 25.0 Å². The second kappa shape index (κ2) is 3.44. The maximum Gasteiger partial charge on any atom is 0.326 e. The van der Waals surface area contributed by atoms with E-state index in [4.69, 9.17) is 14.6 Å². The van der Waals surface area contributed by atoms with Crippen molar-refractivity contribution in [1.29, 1.82) is 0 Å². The molecule has 1 spiro atoms. The van der Waals surface area contributed by atoms with Crippen molar-refractivity contribution < 1.29 is 19.4 Å². The van der Waals surface area contributed by atoms with Gasteiger partial charge in [0.25, 0.3) is 0 Å². The van der Waals surface area contributed by atoms with Crippen LogP contribution in [0.15, 0.2) is 12.3 Å². The Morgan fingerprint density at radius 3 is 3.00 bits per heavy atom. The fraction of sp³-hybridized carbons (Fsp3) is 0.700. The summed E-state index contributed by atoms with van der Waals surface area (Å²) in [5.41, 5.74) is -0.553. The number of aliphatic hydroxyl groups is 1. The number of epoxide rings is 1. The molecular weight excluding hydrogens is 212 g/mol. The minimum atomic E-state index is -0.553. The molecule has 3 aliphatic heterocycles. The predicted molar refractivity (Wildman–Crippen MR) is 53.2 cm³/mol.